The number of carbonyl (C=O) groups is 2. The van der Waals surface area contributed by atoms with Gasteiger partial charge in [-0.2, -0.15) is 0 Å². The second-order valence-electron chi connectivity index (χ2n) is 24.6. The van der Waals surface area contributed by atoms with Gasteiger partial charge in [-0.3, -0.25) is 9.59 Å². The van der Waals surface area contributed by atoms with Crippen LogP contribution in [0, 0.1) is 0 Å². The number of nitrogens with one attached hydrogen (secondary N) is 1. The summed E-state index contributed by atoms with van der Waals surface area (Å²) in [6.07, 6.45) is 85.7. The molecule has 2 atom stereocenters. The van der Waals surface area contributed by atoms with E-state index in [9.17, 15) is 19.8 Å². The molecular weight excluding hydrogens is 959 g/mol. The number of rotatable bonds is 67. The first-order valence-electron chi connectivity index (χ1n) is 35.6. The molecule has 0 aromatic rings. The number of allylic oxidation sites excluding steroid dienone is 3. The molecular formula is C72H139NO5. The SMILES string of the molecule is CCCCCCCCCC/C=C/C(O)C(CO)NC(=O)CCCCCCCCCCCCCCCCCCC/C=C\CCCCCCCCCCCCCCCCCCOC(=O)CCCCCCCCCCCCCCCC. The van der Waals surface area contributed by atoms with Gasteiger partial charge in [0.25, 0.3) is 0 Å². The summed E-state index contributed by atoms with van der Waals surface area (Å²) in [4.78, 5) is 24.5. The maximum Gasteiger partial charge on any atom is 0.305 e. The Balaban J connectivity index is 3.30. The molecule has 0 bridgehead atoms. The molecule has 3 N–H and O–H groups in total. The monoisotopic (exact) mass is 1100 g/mol. The summed E-state index contributed by atoms with van der Waals surface area (Å²) in [5.74, 6) is -0.0403. The van der Waals surface area contributed by atoms with Gasteiger partial charge in [0.2, 0.25) is 5.91 Å². The molecule has 0 aromatic carbocycles. The molecule has 0 radical (unpaired) electrons. The lowest BCUT2D eigenvalue weighted by atomic mass is 10.0. The van der Waals surface area contributed by atoms with E-state index in [0.29, 0.717) is 19.4 Å². The van der Waals surface area contributed by atoms with Gasteiger partial charge in [-0.1, -0.05) is 353 Å². The molecule has 0 spiro atoms. The van der Waals surface area contributed by atoms with Crippen LogP contribution in [0.5, 0.6) is 0 Å². The van der Waals surface area contributed by atoms with E-state index >= 15 is 0 Å². The fourth-order valence-electron chi connectivity index (χ4n) is 11.3. The maximum absolute atomic E-state index is 12.4. The average molecular weight is 1100 g/mol. The van der Waals surface area contributed by atoms with E-state index in [1.807, 2.05) is 6.08 Å². The van der Waals surface area contributed by atoms with Gasteiger partial charge < -0.3 is 20.3 Å². The fraction of sp³-hybridized carbons (Fsp3) is 0.917. The zero-order valence-corrected chi connectivity index (χ0v) is 52.9. The molecule has 2 unspecified atom stereocenters. The van der Waals surface area contributed by atoms with Crippen molar-refractivity contribution in [1.82, 2.24) is 5.32 Å². The van der Waals surface area contributed by atoms with Gasteiger partial charge in [-0.15, -0.1) is 0 Å². The number of ether oxygens (including phenoxy) is 1. The Hall–Kier alpha value is -1.66. The summed E-state index contributed by atoms with van der Waals surface area (Å²) in [6.45, 7) is 4.92. The summed E-state index contributed by atoms with van der Waals surface area (Å²) in [5.41, 5.74) is 0. The smallest absolute Gasteiger partial charge is 0.305 e. The zero-order valence-electron chi connectivity index (χ0n) is 52.9. The van der Waals surface area contributed by atoms with Crippen LogP contribution in [0.15, 0.2) is 24.3 Å². The van der Waals surface area contributed by atoms with Crippen LogP contribution in [0.4, 0.5) is 0 Å². The highest BCUT2D eigenvalue weighted by molar-refractivity contribution is 5.76. The first-order valence-corrected chi connectivity index (χ1v) is 35.6. The topological polar surface area (TPSA) is 95.9 Å². The number of esters is 1. The van der Waals surface area contributed by atoms with Crippen molar-refractivity contribution in [3.05, 3.63) is 24.3 Å². The second-order valence-corrected chi connectivity index (χ2v) is 24.6. The molecule has 462 valence electrons. The van der Waals surface area contributed by atoms with Crippen LogP contribution in [0.2, 0.25) is 0 Å². The van der Waals surface area contributed by atoms with E-state index in [2.05, 4.69) is 31.3 Å². The normalized spacial score (nSPS) is 12.6. The van der Waals surface area contributed by atoms with Crippen LogP contribution in [0.3, 0.4) is 0 Å². The third-order valence-electron chi connectivity index (χ3n) is 16.7. The Morgan fingerprint density at radius 2 is 0.603 bits per heavy atom. The van der Waals surface area contributed by atoms with Crippen molar-refractivity contribution in [3.8, 4) is 0 Å². The Labute approximate surface area is 488 Å². The van der Waals surface area contributed by atoms with Crippen LogP contribution in [0.25, 0.3) is 0 Å². The van der Waals surface area contributed by atoms with Gasteiger partial charge in [-0.25, -0.2) is 0 Å². The molecule has 78 heavy (non-hydrogen) atoms. The van der Waals surface area contributed by atoms with Gasteiger partial charge >= 0.3 is 5.97 Å². The number of carbonyl (C=O) groups excluding carboxylic acids is 2. The van der Waals surface area contributed by atoms with Crippen molar-refractivity contribution >= 4 is 11.9 Å². The Morgan fingerprint density at radius 1 is 0.346 bits per heavy atom. The Bertz CT molecular complexity index is 1220. The predicted molar refractivity (Wildman–Crippen MR) is 343 cm³/mol. The molecule has 0 rings (SSSR count). The van der Waals surface area contributed by atoms with Crippen molar-refractivity contribution in [3.63, 3.8) is 0 Å². The zero-order chi connectivity index (χ0) is 56.4. The summed E-state index contributed by atoms with van der Waals surface area (Å²) >= 11 is 0. The fourth-order valence-corrected chi connectivity index (χ4v) is 11.3. The maximum atomic E-state index is 12.4. The number of amides is 1. The number of aliphatic hydroxyl groups is 2. The predicted octanol–water partition coefficient (Wildman–Crippen LogP) is 22.9. The first kappa shape index (κ1) is 76.3. The lowest BCUT2D eigenvalue weighted by Gasteiger charge is -2.20. The van der Waals surface area contributed by atoms with E-state index in [1.165, 1.54) is 334 Å². The summed E-state index contributed by atoms with van der Waals surface area (Å²) in [5, 5.41) is 23.0. The van der Waals surface area contributed by atoms with E-state index in [0.717, 1.165) is 38.5 Å². The number of hydrogen-bond donors (Lipinski definition) is 3. The lowest BCUT2D eigenvalue weighted by Crippen LogP contribution is -2.45. The quantitative estimate of drug-likeness (QED) is 0.0320. The van der Waals surface area contributed by atoms with Gasteiger partial charge in [-0.05, 0) is 57.8 Å². The molecule has 0 saturated heterocycles. The third-order valence-corrected chi connectivity index (χ3v) is 16.7. The van der Waals surface area contributed by atoms with Crippen LogP contribution >= 0.6 is 0 Å². The largest absolute Gasteiger partial charge is 0.466 e. The number of unbranched alkanes of at least 4 members (excludes halogenated alkanes) is 54. The molecule has 6 nitrogen and oxygen atoms in total. The molecule has 0 aliphatic heterocycles. The van der Waals surface area contributed by atoms with Gasteiger partial charge in [0.1, 0.15) is 0 Å². The summed E-state index contributed by atoms with van der Waals surface area (Å²) in [6, 6.07) is -0.622. The second kappa shape index (κ2) is 67.8. The van der Waals surface area contributed by atoms with Crippen molar-refractivity contribution in [2.75, 3.05) is 13.2 Å². The molecule has 0 aliphatic carbocycles. The van der Waals surface area contributed by atoms with E-state index < -0.39 is 12.1 Å². The van der Waals surface area contributed by atoms with Crippen LogP contribution < -0.4 is 5.32 Å². The molecule has 0 fully saturated rings. The Morgan fingerprint density at radius 3 is 0.910 bits per heavy atom. The van der Waals surface area contributed by atoms with E-state index in [4.69, 9.17) is 4.74 Å². The highest BCUT2D eigenvalue weighted by Crippen LogP contribution is 2.19. The summed E-state index contributed by atoms with van der Waals surface area (Å²) < 4.78 is 5.50. The molecule has 1 amide bonds. The minimum absolute atomic E-state index is 0.0240. The molecule has 0 aromatic heterocycles. The van der Waals surface area contributed by atoms with Crippen LogP contribution in [-0.4, -0.2) is 47.4 Å². The number of hydrogen-bond acceptors (Lipinski definition) is 5. The minimum Gasteiger partial charge on any atom is -0.466 e. The summed E-state index contributed by atoms with van der Waals surface area (Å²) in [7, 11) is 0. The molecule has 6 heteroatoms. The molecule has 0 aliphatic rings. The highest BCUT2D eigenvalue weighted by Gasteiger charge is 2.18. The molecule has 0 heterocycles. The minimum atomic E-state index is -0.839. The van der Waals surface area contributed by atoms with Gasteiger partial charge in [0, 0.05) is 12.8 Å². The standard InChI is InChI=1S/C72H139NO5/c1-3-5-7-9-11-13-15-16-43-46-50-54-58-62-66-72(77)78-67-63-59-55-51-47-44-41-39-37-35-33-31-29-27-25-23-21-19-17-18-20-22-24-26-28-30-32-34-36-38-40-42-45-49-53-57-61-65-71(76)73-69(68-74)70(75)64-60-56-52-48-14-12-10-8-6-4-2/h17,19,60,64,69-70,74-75H,3-16,18,20-59,61-63,65-68H2,1-2H3,(H,73,76)/b19-17-,64-60+. The van der Waals surface area contributed by atoms with Crippen molar-refractivity contribution in [1.29, 1.82) is 0 Å². The molecule has 0 saturated carbocycles. The number of aliphatic hydroxyl groups excluding tert-OH is 2. The lowest BCUT2D eigenvalue weighted by molar-refractivity contribution is -0.143. The van der Waals surface area contributed by atoms with E-state index in [1.54, 1.807) is 6.08 Å². The Kier molecular flexibility index (Phi) is 66.4. The van der Waals surface area contributed by atoms with Crippen molar-refractivity contribution in [2.45, 2.75) is 411 Å². The third kappa shape index (κ3) is 63.5. The van der Waals surface area contributed by atoms with Gasteiger partial charge in [0.15, 0.2) is 0 Å². The van der Waals surface area contributed by atoms with E-state index in [-0.39, 0.29) is 18.5 Å². The van der Waals surface area contributed by atoms with Crippen LogP contribution in [0.1, 0.15) is 399 Å². The van der Waals surface area contributed by atoms with Crippen molar-refractivity contribution in [2.24, 2.45) is 0 Å². The highest BCUT2D eigenvalue weighted by atomic mass is 16.5. The first-order chi connectivity index (χ1) is 38.5. The van der Waals surface area contributed by atoms with Crippen LogP contribution in [-0.2, 0) is 14.3 Å². The van der Waals surface area contributed by atoms with Crippen molar-refractivity contribution < 1.29 is 24.5 Å². The average Bonchev–Trinajstić information content (AvgIpc) is 3.44. The van der Waals surface area contributed by atoms with Gasteiger partial charge in [0.05, 0.1) is 25.4 Å².